The largest absolute Gasteiger partial charge is 0.507 e. The molecule has 1 heterocycles. The number of halogens is 1. The molecule has 1 aliphatic rings. The molecule has 0 unspecified atom stereocenters. The third-order valence-electron chi connectivity index (χ3n) is 3.83. The molecule has 1 aliphatic heterocycles. The molecule has 0 aromatic heterocycles. The minimum atomic E-state index is -0.130. The van der Waals surface area contributed by atoms with Gasteiger partial charge in [0.05, 0.1) is 10.0 Å². The second-order valence-corrected chi connectivity index (χ2v) is 6.17. The van der Waals surface area contributed by atoms with Gasteiger partial charge in [0.1, 0.15) is 11.5 Å². The summed E-state index contributed by atoms with van der Waals surface area (Å²) in [5.41, 5.74) is 1.35. The average Bonchev–Trinajstić information content (AvgIpc) is 2.88. The van der Waals surface area contributed by atoms with E-state index in [1.54, 1.807) is 30.3 Å². The van der Waals surface area contributed by atoms with Gasteiger partial charge in [0.25, 0.3) is 0 Å². The van der Waals surface area contributed by atoms with Crippen LogP contribution in [0.15, 0.2) is 64.8 Å². The number of ether oxygens (including phenoxy) is 1. The minimum Gasteiger partial charge on any atom is -0.507 e. The number of Topliss-reactive ketones (excluding diaryl/α,β-unsaturated/α-hetero) is 1. The van der Waals surface area contributed by atoms with Crippen LogP contribution >= 0.6 is 15.9 Å². The highest BCUT2D eigenvalue weighted by Gasteiger charge is 2.28. The Hall–Kier alpha value is -2.59. The van der Waals surface area contributed by atoms with Crippen LogP contribution in [0.2, 0.25) is 0 Å². The molecule has 0 aliphatic carbocycles. The fourth-order valence-corrected chi connectivity index (χ4v) is 3.08. The van der Waals surface area contributed by atoms with Crippen LogP contribution in [0.5, 0.6) is 11.5 Å². The van der Waals surface area contributed by atoms with Gasteiger partial charge >= 0.3 is 0 Å². The number of hydrogen-bond acceptors (Lipinski definition) is 3. The van der Waals surface area contributed by atoms with Gasteiger partial charge in [0, 0.05) is 5.39 Å². The summed E-state index contributed by atoms with van der Waals surface area (Å²) in [6, 6.07) is 16.6. The molecule has 112 valence electrons. The van der Waals surface area contributed by atoms with E-state index < -0.39 is 0 Å². The van der Waals surface area contributed by atoms with E-state index in [0.29, 0.717) is 15.8 Å². The van der Waals surface area contributed by atoms with Gasteiger partial charge in [-0.15, -0.1) is 0 Å². The predicted octanol–water partition coefficient (Wildman–Crippen LogP) is 4.92. The molecule has 3 aromatic carbocycles. The van der Waals surface area contributed by atoms with Gasteiger partial charge in [-0.25, -0.2) is 0 Å². The molecule has 1 N–H and O–H groups in total. The number of fused-ring (bicyclic) bond motifs is 3. The van der Waals surface area contributed by atoms with Crippen LogP contribution in [0.25, 0.3) is 16.8 Å². The van der Waals surface area contributed by atoms with Crippen molar-refractivity contribution in [2.24, 2.45) is 0 Å². The molecular formula is C19H11BrO3. The molecule has 0 saturated carbocycles. The number of allylic oxidation sites excluding steroid dienone is 1. The second kappa shape index (κ2) is 5.25. The second-order valence-electron chi connectivity index (χ2n) is 5.31. The van der Waals surface area contributed by atoms with Crippen LogP contribution in [0.1, 0.15) is 15.9 Å². The maximum Gasteiger partial charge on any atom is 0.231 e. The SMILES string of the molecule is O=C1/C(=C/c2ccc(O)c(Br)c2)Oc2c1ccc1ccccc21. The van der Waals surface area contributed by atoms with Crippen molar-refractivity contribution in [2.75, 3.05) is 0 Å². The van der Waals surface area contributed by atoms with E-state index in [-0.39, 0.29) is 17.3 Å². The van der Waals surface area contributed by atoms with Gasteiger partial charge in [-0.1, -0.05) is 36.4 Å². The predicted molar refractivity (Wildman–Crippen MR) is 92.7 cm³/mol. The number of carbonyl (C=O) groups is 1. The van der Waals surface area contributed by atoms with Crippen LogP contribution in [-0.4, -0.2) is 10.9 Å². The Labute approximate surface area is 141 Å². The molecule has 0 spiro atoms. The molecule has 3 aromatic rings. The van der Waals surface area contributed by atoms with Crippen LogP contribution in [0.4, 0.5) is 0 Å². The van der Waals surface area contributed by atoms with Crippen LogP contribution in [0, 0.1) is 0 Å². The lowest BCUT2D eigenvalue weighted by atomic mass is 10.0. The first-order chi connectivity index (χ1) is 11.1. The summed E-state index contributed by atoms with van der Waals surface area (Å²) < 4.78 is 6.41. The Morgan fingerprint density at radius 3 is 2.70 bits per heavy atom. The molecule has 0 fully saturated rings. The highest BCUT2D eigenvalue weighted by molar-refractivity contribution is 9.10. The van der Waals surface area contributed by atoms with Crippen molar-refractivity contribution < 1.29 is 14.6 Å². The van der Waals surface area contributed by atoms with Gasteiger partial charge in [-0.3, -0.25) is 4.79 Å². The molecule has 0 atom stereocenters. The molecular weight excluding hydrogens is 356 g/mol. The first-order valence-electron chi connectivity index (χ1n) is 7.08. The maximum atomic E-state index is 12.5. The molecule has 4 rings (SSSR count). The van der Waals surface area contributed by atoms with Crippen molar-refractivity contribution in [3.05, 3.63) is 76.0 Å². The van der Waals surface area contributed by atoms with Crippen molar-refractivity contribution >= 4 is 38.6 Å². The van der Waals surface area contributed by atoms with E-state index in [9.17, 15) is 9.90 Å². The summed E-state index contributed by atoms with van der Waals surface area (Å²) in [5, 5.41) is 11.5. The van der Waals surface area contributed by atoms with Crippen LogP contribution in [0.3, 0.4) is 0 Å². The van der Waals surface area contributed by atoms with Gasteiger partial charge < -0.3 is 9.84 Å². The minimum absolute atomic E-state index is 0.130. The number of benzene rings is 3. The fourth-order valence-electron chi connectivity index (χ4n) is 2.68. The highest BCUT2D eigenvalue weighted by atomic mass is 79.9. The molecule has 3 nitrogen and oxygen atoms in total. The number of ketones is 1. The number of phenols is 1. The smallest absolute Gasteiger partial charge is 0.231 e. The highest BCUT2D eigenvalue weighted by Crippen LogP contribution is 2.38. The molecule has 0 bridgehead atoms. The van der Waals surface area contributed by atoms with Gasteiger partial charge in [0.2, 0.25) is 5.78 Å². The summed E-state index contributed by atoms with van der Waals surface area (Å²) >= 11 is 3.27. The molecule has 4 heteroatoms. The maximum absolute atomic E-state index is 12.5. The summed E-state index contributed by atoms with van der Waals surface area (Å²) in [5.74, 6) is 0.918. The monoisotopic (exact) mass is 366 g/mol. The molecule has 0 radical (unpaired) electrons. The summed E-state index contributed by atoms with van der Waals surface area (Å²) in [6.45, 7) is 0. The van der Waals surface area contributed by atoms with Crippen LogP contribution < -0.4 is 4.74 Å². The van der Waals surface area contributed by atoms with Crippen molar-refractivity contribution in [1.29, 1.82) is 0 Å². The average molecular weight is 367 g/mol. The van der Waals surface area contributed by atoms with E-state index in [1.807, 2.05) is 30.3 Å². The lowest BCUT2D eigenvalue weighted by molar-refractivity contribution is 0.101. The standard InChI is InChI=1S/C19H11BrO3/c20-15-9-11(5-8-16(15)21)10-17-18(22)14-7-6-12-3-1-2-4-13(12)19(14)23-17/h1-10,21H/b17-10-. The number of phenolic OH excluding ortho intramolecular Hbond substituents is 1. The number of carbonyl (C=O) groups excluding carboxylic acids is 1. The van der Waals surface area contributed by atoms with Gasteiger partial charge in [0.15, 0.2) is 5.76 Å². The molecule has 0 saturated heterocycles. The summed E-state index contributed by atoms with van der Waals surface area (Å²) in [4.78, 5) is 12.5. The normalized spacial score (nSPS) is 15.0. The Morgan fingerprint density at radius 2 is 1.87 bits per heavy atom. The van der Waals surface area contributed by atoms with Crippen molar-refractivity contribution in [3.63, 3.8) is 0 Å². The zero-order valence-electron chi connectivity index (χ0n) is 11.9. The summed E-state index contributed by atoms with van der Waals surface area (Å²) in [7, 11) is 0. The number of hydrogen-bond donors (Lipinski definition) is 1. The van der Waals surface area contributed by atoms with Crippen molar-refractivity contribution in [3.8, 4) is 11.5 Å². The van der Waals surface area contributed by atoms with Gasteiger partial charge in [-0.2, -0.15) is 0 Å². The Balaban J connectivity index is 1.81. The zero-order valence-corrected chi connectivity index (χ0v) is 13.5. The number of rotatable bonds is 1. The Morgan fingerprint density at radius 1 is 1.04 bits per heavy atom. The quantitative estimate of drug-likeness (QED) is 0.621. The number of aromatic hydroxyl groups is 1. The zero-order chi connectivity index (χ0) is 16.0. The fraction of sp³-hybridized carbons (Fsp3) is 0. The van der Waals surface area contributed by atoms with E-state index in [2.05, 4.69) is 15.9 Å². The Kier molecular flexibility index (Phi) is 3.20. The third kappa shape index (κ3) is 2.32. The first-order valence-corrected chi connectivity index (χ1v) is 7.87. The van der Waals surface area contributed by atoms with Crippen molar-refractivity contribution in [1.82, 2.24) is 0 Å². The topological polar surface area (TPSA) is 46.5 Å². The lowest BCUT2D eigenvalue weighted by Crippen LogP contribution is -1.97. The third-order valence-corrected chi connectivity index (χ3v) is 4.46. The van der Waals surface area contributed by atoms with Gasteiger partial charge in [-0.05, 0) is 51.2 Å². The lowest BCUT2D eigenvalue weighted by Gasteiger charge is -2.03. The van der Waals surface area contributed by atoms with E-state index in [1.165, 1.54) is 0 Å². The Bertz CT molecular complexity index is 989. The summed E-state index contributed by atoms with van der Waals surface area (Å²) in [6.07, 6.45) is 1.68. The van der Waals surface area contributed by atoms with Crippen molar-refractivity contribution in [2.45, 2.75) is 0 Å². The van der Waals surface area contributed by atoms with E-state index in [0.717, 1.165) is 16.3 Å². The van der Waals surface area contributed by atoms with E-state index >= 15 is 0 Å². The first kappa shape index (κ1) is 14.0. The van der Waals surface area contributed by atoms with Crippen LogP contribution in [-0.2, 0) is 0 Å². The molecule has 23 heavy (non-hydrogen) atoms. The molecule has 0 amide bonds. The van der Waals surface area contributed by atoms with E-state index in [4.69, 9.17) is 4.74 Å².